The van der Waals surface area contributed by atoms with Crippen LogP contribution < -0.4 is 10.6 Å². The summed E-state index contributed by atoms with van der Waals surface area (Å²) in [6.45, 7) is 3.82. The Hall–Kier alpha value is -1.99. The minimum absolute atomic E-state index is 0.645. The van der Waals surface area contributed by atoms with Gasteiger partial charge in [-0.2, -0.15) is 0 Å². The molecule has 0 saturated carbocycles. The second-order valence-electron chi connectivity index (χ2n) is 5.00. The van der Waals surface area contributed by atoms with Gasteiger partial charge >= 0.3 is 0 Å². The van der Waals surface area contributed by atoms with Crippen molar-refractivity contribution in [3.63, 3.8) is 0 Å². The molecule has 1 aromatic carbocycles. The smallest absolute Gasteiger partial charge is 0.170 e. The Bertz CT molecular complexity index is 777. The number of imidazole rings is 1. The Balaban J connectivity index is 1.45. The lowest BCUT2D eigenvalue weighted by atomic mass is 10.3. The highest BCUT2D eigenvalue weighted by molar-refractivity contribution is 7.80. The van der Waals surface area contributed by atoms with Crippen LogP contribution in [0.1, 0.15) is 12.1 Å². The van der Waals surface area contributed by atoms with E-state index in [0.717, 1.165) is 35.4 Å². The van der Waals surface area contributed by atoms with Crippen LogP contribution in [0, 0.1) is 6.92 Å². The number of benzene rings is 1. The lowest BCUT2D eigenvalue weighted by Crippen LogP contribution is -2.29. The summed E-state index contributed by atoms with van der Waals surface area (Å²) in [5.74, 6) is 0. The fourth-order valence-corrected chi connectivity index (χ4v) is 3.12. The summed E-state index contributed by atoms with van der Waals surface area (Å²) < 4.78 is 3.29. The van der Waals surface area contributed by atoms with Crippen LogP contribution in [-0.4, -0.2) is 26.2 Å². The zero-order chi connectivity index (χ0) is 15.4. The van der Waals surface area contributed by atoms with E-state index in [-0.39, 0.29) is 0 Å². The van der Waals surface area contributed by atoms with Gasteiger partial charge in [-0.05, 0) is 43.8 Å². The Morgan fingerprint density at radius 1 is 1.41 bits per heavy atom. The van der Waals surface area contributed by atoms with Gasteiger partial charge in [-0.3, -0.25) is 0 Å². The third-order valence-electron chi connectivity index (χ3n) is 3.37. The van der Waals surface area contributed by atoms with Crippen LogP contribution in [0.15, 0.2) is 36.2 Å². The van der Waals surface area contributed by atoms with Crippen LogP contribution in [0.5, 0.6) is 0 Å². The number of nitrogens with one attached hydrogen (secondary N) is 2. The van der Waals surface area contributed by atoms with Crippen LogP contribution in [-0.2, 0) is 6.54 Å². The molecule has 2 aromatic heterocycles. The van der Waals surface area contributed by atoms with E-state index in [0.29, 0.717) is 5.11 Å². The standard InChI is InChI=1S/C15H17N5S2/c1-11-8-16-9-20(11)6-2-5-17-15(21)19-12-3-4-13-14(7-12)22-10-18-13/h3-4,7-10H,2,5-6H2,1H3,(H2,17,19,21). The molecule has 0 aliphatic carbocycles. The minimum Gasteiger partial charge on any atom is -0.362 e. The number of fused-ring (bicyclic) bond motifs is 1. The molecule has 0 fully saturated rings. The highest BCUT2D eigenvalue weighted by Gasteiger charge is 2.01. The molecule has 0 amide bonds. The second-order valence-corrected chi connectivity index (χ2v) is 6.29. The molecule has 3 rings (SSSR count). The van der Waals surface area contributed by atoms with Gasteiger partial charge in [0, 0.05) is 30.7 Å². The summed E-state index contributed by atoms with van der Waals surface area (Å²) in [6.07, 6.45) is 4.72. The number of thiocarbonyl (C=S) groups is 1. The van der Waals surface area contributed by atoms with Gasteiger partial charge in [-0.1, -0.05) is 0 Å². The second kappa shape index (κ2) is 6.85. The number of rotatable bonds is 5. The van der Waals surface area contributed by atoms with Crippen LogP contribution in [0.3, 0.4) is 0 Å². The molecule has 7 heteroatoms. The quantitative estimate of drug-likeness (QED) is 0.555. The molecule has 0 radical (unpaired) electrons. The zero-order valence-corrected chi connectivity index (χ0v) is 13.9. The number of thiazole rings is 1. The van der Waals surface area contributed by atoms with Gasteiger partial charge in [-0.25, -0.2) is 9.97 Å². The highest BCUT2D eigenvalue weighted by Crippen LogP contribution is 2.21. The molecule has 5 nitrogen and oxygen atoms in total. The number of hydrogen-bond acceptors (Lipinski definition) is 4. The third-order valence-corrected chi connectivity index (χ3v) is 4.41. The molecule has 0 saturated heterocycles. The summed E-state index contributed by atoms with van der Waals surface area (Å²) in [5.41, 5.74) is 5.03. The van der Waals surface area contributed by atoms with Crippen molar-refractivity contribution in [2.75, 3.05) is 11.9 Å². The summed E-state index contributed by atoms with van der Waals surface area (Å²) >= 11 is 6.95. The summed E-state index contributed by atoms with van der Waals surface area (Å²) in [6, 6.07) is 6.05. The molecule has 0 atom stereocenters. The first-order valence-electron chi connectivity index (χ1n) is 7.07. The molecule has 3 aromatic rings. The van der Waals surface area contributed by atoms with Gasteiger partial charge in [0.1, 0.15) is 0 Å². The SMILES string of the molecule is Cc1cncn1CCCNC(=S)Nc1ccc2ncsc2c1. The van der Waals surface area contributed by atoms with Crippen molar-refractivity contribution in [2.24, 2.45) is 0 Å². The van der Waals surface area contributed by atoms with Crippen molar-refractivity contribution < 1.29 is 0 Å². The molecule has 22 heavy (non-hydrogen) atoms. The molecule has 0 unspecified atom stereocenters. The Kier molecular flexibility index (Phi) is 4.65. The van der Waals surface area contributed by atoms with Gasteiger partial charge in [0.05, 0.1) is 22.1 Å². The fraction of sp³-hybridized carbons (Fsp3) is 0.267. The Morgan fingerprint density at radius 2 is 2.32 bits per heavy atom. The van der Waals surface area contributed by atoms with Crippen molar-refractivity contribution in [1.82, 2.24) is 19.9 Å². The van der Waals surface area contributed by atoms with Crippen molar-refractivity contribution in [1.29, 1.82) is 0 Å². The van der Waals surface area contributed by atoms with E-state index in [2.05, 4.69) is 38.2 Å². The molecule has 0 aliphatic rings. The van der Waals surface area contributed by atoms with E-state index in [4.69, 9.17) is 12.2 Å². The van der Waals surface area contributed by atoms with Gasteiger partial charge in [-0.15, -0.1) is 11.3 Å². The maximum absolute atomic E-state index is 5.32. The predicted octanol–water partition coefficient (Wildman–Crippen LogP) is 3.18. The first-order chi connectivity index (χ1) is 10.7. The van der Waals surface area contributed by atoms with E-state index in [1.165, 1.54) is 5.69 Å². The summed E-state index contributed by atoms with van der Waals surface area (Å²) in [7, 11) is 0. The van der Waals surface area contributed by atoms with Crippen LogP contribution >= 0.6 is 23.6 Å². The Morgan fingerprint density at radius 3 is 3.14 bits per heavy atom. The van der Waals surface area contributed by atoms with E-state index in [1.54, 1.807) is 11.3 Å². The number of aromatic nitrogens is 3. The normalized spacial score (nSPS) is 10.8. The number of anilines is 1. The molecular weight excluding hydrogens is 314 g/mol. The molecule has 2 N–H and O–H groups in total. The number of nitrogens with zero attached hydrogens (tertiary/aromatic N) is 3. The predicted molar refractivity (Wildman–Crippen MR) is 95.4 cm³/mol. The lowest BCUT2D eigenvalue weighted by molar-refractivity contribution is 0.620. The van der Waals surface area contributed by atoms with Crippen LogP contribution in [0.25, 0.3) is 10.2 Å². The number of hydrogen-bond donors (Lipinski definition) is 2. The fourth-order valence-electron chi connectivity index (χ4n) is 2.18. The topological polar surface area (TPSA) is 54.8 Å². The van der Waals surface area contributed by atoms with E-state index in [1.807, 2.05) is 30.2 Å². The molecule has 0 aliphatic heterocycles. The van der Waals surface area contributed by atoms with Crippen molar-refractivity contribution in [2.45, 2.75) is 19.9 Å². The maximum atomic E-state index is 5.32. The third kappa shape index (κ3) is 3.61. The molecule has 0 bridgehead atoms. The van der Waals surface area contributed by atoms with E-state index < -0.39 is 0 Å². The average Bonchev–Trinajstić information content (AvgIpc) is 3.12. The van der Waals surface area contributed by atoms with Crippen molar-refractivity contribution in [3.8, 4) is 0 Å². The first-order valence-corrected chi connectivity index (χ1v) is 8.36. The van der Waals surface area contributed by atoms with Gasteiger partial charge in [0.15, 0.2) is 5.11 Å². The highest BCUT2D eigenvalue weighted by atomic mass is 32.1. The first kappa shape index (κ1) is 14.9. The van der Waals surface area contributed by atoms with Gasteiger partial charge in [0.2, 0.25) is 0 Å². The minimum atomic E-state index is 0.645. The molecular formula is C15H17N5S2. The largest absolute Gasteiger partial charge is 0.362 e. The number of aryl methyl sites for hydroxylation is 2. The van der Waals surface area contributed by atoms with Crippen molar-refractivity contribution in [3.05, 3.63) is 41.9 Å². The van der Waals surface area contributed by atoms with E-state index >= 15 is 0 Å². The van der Waals surface area contributed by atoms with Crippen LogP contribution in [0.4, 0.5) is 5.69 Å². The molecule has 0 spiro atoms. The molecule has 2 heterocycles. The van der Waals surface area contributed by atoms with Gasteiger partial charge < -0.3 is 15.2 Å². The summed E-state index contributed by atoms with van der Waals surface area (Å²) in [5, 5.41) is 7.08. The van der Waals surface area contributed by atoms with Crippen molar-refractivity contribution >= 4 is 44.6 Å². The monoisotopic (exact) mass is 331 g/mol. The van der Waals surface area contributed by atoms with E-state index in [9.17, 15) is 0 Å². The Labute approximate surface area is 138 Å². The lowest BCUT2D eigenvalue weighted by Gasteiger charge is -2.11. The maximum Gasteiger partial charge on any atom is 0.170 e. The summed E-state index contributed by atoms with van der Waals surface area (Å²) in [4.78, 5) is 8.38. The molecule has 114 valence electrons. The zero-order valence-electron chi connectivity index (χ0n) is 12.2. The van der Waals surface area contributed by atoms with Crippen LogP contribution in [0.2, 0.25) is 0 Å². The average molecular weight is 331 g/mol. The van der Waals surface area contributed by atoms with Gasteiger partial charge in [0.25, 0.3) is 0 Å².